The van der Waals surface area contributed by atoms with Gasteiger partial charge in [-0.1, -0.05) is 12.1 Å². The van der Waals surface area contributed by atoms with Crippen LogP contribution in [0.1, 0.15) is 20.6 Å². The monoisotopic (exact) mass is 248 g/mol. The molecule has 0 aromatic carbocycles. The van der Waals surface area contributed by atoms with Crippen molar-refractivity contribution in [3.8, 4) is 6.07 Å². The van der Waals surface area contributed by atoms with Crippen molar-refractivity contribution >= 4 is 28.6 Å². The molecule has 3 nitrogen and oxygen atoms in total. The van der Waals surface area contributed by atoms with Crippen LogP contribution in [0.15, 0.2) is 35.0 Å². The molecule has 2 aromatic rings. The minimum absolute atomic E-state index is 0.199. The van der Waals surface area contributed by atoms with E-state index in [1.165, 1.54) is 22.7 Å². The van der Waals surface area contributed by atoms with E-state index < -0.39 is 6.04 Å². The Balaban J connectivity index is 2.09. The van der Waals surface area contributed by atoms with Gasteiger partial charge in [-0.2, -0.15) is 5.26 Å². The molecule has 1 N–H and O–H groups in total. The van der Waals surface area contributed by atoms with Crippen LogP contribution in [-0.2, 0) is 0 Å². The van der Waals surface area contributed by atoms with Crippen LogP contribution in [0.4, 0.5) is 0 Å². The maximum Gasteiger partial charge on any atom is 0.262 e. The predicted octanol–water partition coefficient (Wildman–Crippen LogP) is 2.80. The van der Waals surface area contributed by atoms with Gasteiger partial charge >= 0.3 is 0 Å². The first kappa shape index (κ1) is 10.9. The molecule has 1 atom stereocenters. The Morgan fingerprint density at radius 1 is 1.31 bits per heavy atom. The van der Waals surface area contributed by atoms with Gasteiger partial charge in [-0.25, -0.2) is 0 Å². The van der Waals surface area contributed by atoms with Crippen molar-refractivity contribution in [2.45, 2.75) is 6.04 Å². The van der Waals surface area contributed by atoms with Crippen LogP contribution >= 0.6 is 22.7 Å². The smallest absolute Gasteiger partial charge is 0.262 e. The van der Waals surface area contributed by atoms with Gasteiger partial charge in [0, 0.05) is 4.88 Å². The Bertz CT molecular complexity index is 497. The van der Waals surface area contributed by atoms with Gasteiger partial charge in [-0.3, -0.25) is 4.79 Å². The first-order chi connectivity index (χ1) is 7.81. The number of nitrogens with one attached hydrogen (secondary N) is 1. The number of thiophene rings is 2. The summed E-state index contributed by atoms with van der Waals surface area (Å²) in [6, 6.07) is 8.77. The summed E-state index contributed by atoms with van der Waals surface area (Å²) in [6.45, 7) is 0. The highest BCUT2D eigenvalue weighted by atomic mass is 32.1. The first-order valence-corrected chi connectivity index (χ1v) is 6.34. The molecule has 5 heteroatoms. The van der Waals surface area contributed by atoms with Crippen LogP contribution in [0, 0.1) is 11.3 Å². The summed E-state index contributed by atoms with van der Waals surface area (Å²) in [4.78, 5) is 13.2. The second kappa shape index (κ2) is 4.92. The second-order valence-electron chi connectivity index (χ2n) is 3.03. The molecular formula is C11H8N2OS2. The molecule has 1 unspecified atom stereocenters. The number of rotatable bonds is 3. The largest absolute Gasteiger partial charge is 0.331 e. The molecule has 0 aliphatic heterocycles. The van der Waals surface area contributed by atoms with Gasteiger partial charge in [0.2, 0.25) is 0 Å². The number of carbonyl (C=O) groups is 1. The van der Waals surface area contributed by atoms with E-state index in [1.807, 2.05) is 29.0 Å². The number of hydrogen-bond donors (Lipinski definition) is 1. The molecule has 2 heterocycles. The zero-order chi connectivity index (χ0) is 11.4. The molecule has 2 aromatic heterocycles. The summed E-state index contributed by atoms with van der Waals surface area (Å²) < 4.78 is 0. The molecule has 0 saturated carbocycles. The molecule has 0 fully saturated rings. The maximum absolute atomic E-state index is 11.7. The average molecular weight is 248 g/mol. The minimum Gasteiger partial charge on any atom is -0.331 e. The van der Waals surface area contributed by atoms with Crippen molar-refractivity contribution in [3.05, 3.63) is 44.8 Å². The van der Waals surface area contributed by atoms with Crippen molar-refractivity contribution in [2.24, 2.45) is 0 Å². The average Bonchev–Trinajstić information content (AvgIpc) is 2.96. The lowest BCUT2D eigenvalue weighted by Crippen LogP contribution is -2.26. The Hall–Kier alpha value is -1.64. The highest BCUT2D eigenvalue weighted by Crippen LogP contribution is 2.19. The van der Waals surface area contributed by atoms with Crippen molar-refractivity contribution in [1.82, 2.24) is 5.32 Å². The first-order valence-electron chi connectivity index (χ1n) is 4.58. The Labute approximate surface area is 101 Å². The number of carbonyl (C=O) groups excluding carboxylic acids is 1. The fourth-order valence-corrected chi connectivity index (χ4v) is 2.58. The molecule has 80 valence electrons. The Kier molecular flexibility index (Phi) is 3.34. The fraction of sp³-hybridized carbons (Fsp3) is 0.0909. The van der Waals surface area contributed by atoms with Crippen LogP contribution in [0.3, 0.4) is 0 Å². The molecule has 0 saturated heterocycles. The molecule has 0 radical (unpaired) electrons. The molecule has 0 spiro atoms. The molecule has 16 heavy (non-hydrogen) atoms. The van der Waals surface area contributed by atoms with Crippen LogP contribution in [-0.4, -0.2) is 5.91 Å². The maximum atomic E-state index is 11.7. The Morgan fingerprint density at radius 2 is 2.06 bits per heavy atom. The third-order valence-electron chi connectivity index (χ3n) is 1.98. The third-order valence-corrected chi connectivity index (χ3v) is 3.78. The lowest BCUT2D eigenvalue weighted by Gasteiger charge is -2.08. The lowest BCUT2D eigenvalue weighted by molar-refractivity contribution is 0.0950. The topological polar surface area (TPSA) is 52.9 Å². The highest BCUT2D eigenvalue weighted by Gasteiger charge is 2.16. The quantitative estimate of drug-likeness (QED) is 0.908. The number of amides is 1. The van der Waals surface area contributed by atoms with E-state index in [9.17, 15) is 4.79 Å². The molecule has 0 aliphatic carbocycles. The summed E-state index contributed by atoms with van der Waals surface area (Å²) in [5.74, 6) is -0.199. The van der Waals surface area contributed by atoms with Gasteiger partial charge in [0.05, 0.1) is 10.9 Å². The molecule has 0 aliphatic rings. The normalized spacial score (nSPS) is 11.7. The van der Waals surface area contributed by atoms with Crippen LogP contribution < -0.4 is 5.32 Å². The molecule has 1 amide bonds. The van der Waals surface area contributed by atoms with Crippen LogP contribution in [0.2, 0.25) is 0 Å². The van der Waals surface area contributed by atoms with Gasteiger partial charge in [-0.05, 0) is 22.9 Å². The summed E-state index contributed by atoms with van der Waals surface area (Å²) in [6.07, 6.45) is 0. The summed E-state index contributed by atoms with van der Waals surface area (Å²) >= 11 is 2.82. The van der Waals surface area contributed by atoms with Crippen molar-refractivity contribution in [3.63, 3.8) is 0 Å². The molecular weight excluding hydrogens is 240 g/mol. The lowest BCUT2D eigenvalue weighted by atomic mass is 10.2. The third kappa shape index (κ3) is 2.30. The van der Waals surface area contributed by atoms with Gasteiger partial charge in [0.25, 0.3) is 5.91 Å². The van der Waals surface area contributed by atoms with E-state index in [2.05, 4.69) is 11.4 Å². The van der Waals surface area contributed by atoms with E-state index in [4.69, 9.17) is 5.26 Å². The van der Waals surface area contributed by atoms with Gasteiger partial charge < -0.3 is 5.32 Å². The van der Waals surface area contributed by atoms with Crippen molar-refractivity contribution in [2.75, 3.05) is 0 Å². The van der Waals surface area contributed by atoms with E-state index in [0.717, 1.165) is 4.88 Å². The van der Waals surface area contributed by atoms with Crippen LogP contribution in [0.5, 0.6) is 0 Å². The zero-order valence-corrected chi connectivity index (χ0v) is 9.85. The number of nitrogens with zero attached hydrogens (tertiary/aromatic N) is 1. The standard InChI is InChI=1S/C11H8N2OS2/c12-7-8(9-3-1-5-15-9)13-11(14)10-4-2-6-16-10/h1-6,8H,(H,13,14). The van der Waals surface area contributed by atoms with E-state index >= 15 is 0 Å². The summed E-state index contributed by atoms with van der Waals surface area (Å²) in [5, 5.41) is 15.4. The van der Waals surface area contributed by atoms with Crippen molar-refractivity contribution in [1.29, 1.82) is 5.26 Å². The SMILES string of the molecule is N#CC(NC(=O)c1cccs1)c1cccs1. The van der Waals surface area contributed by atoms with Crippen molar-refractivity contribution < 1.29 is 4.79 Å². The van der Waals surface area contributed by atoms with Crippen LogP contribution in [0.25, 0.3) is 0 Å². The number of hydrogen-bond acceptors (Lipinski definition) is 4. The highest BCUT2D eigenvalue weighted by molar-refractivity contribution is 7.12. The van der Waals surface area contributed by atoms with E-state index in [1.54, 1.807) is 6.07 Å². The van der Waals surface area contributed by atoms with E-state index in [-0.39, 0.29) is 5.91 Å². The second-order valence-corrected chi connectivity index (χ2v) is 4.96. The van der Waals surface area contributed by atoms with Gasteiger partial charge in [-0.15, -0.1) is 22.7 Å². The summed E-state index contributed by atoms with van der Waals surface area (Å²) in [7, 11) is 0. The van der Waals surface area contributed by atoms with Gasteiger partial charge in [0.1, 0.15) is 0 Å². The number of nitriles is 1. The molecule has 2 rings (SSSR count). The minimum atomic E-state index is -0.561. The van der Waals surface area contributed by atoms with Gasteiger partial charge in [0.15, 0.2) is 6.04 Å². The fourth-order valence-electron chi connectivity index (χ4n) is 1.23. The predicted molar refractivity (Wildman–Crippen MR) is 64.5 cm³/mol. The summed E-state index contributed by atoms with van der Waals surface area (Å²) in [5.41, 5.74) is 0. The molecule has 0 bridgehead atoms. The van der Waals surface area contributed by atoms with E-state index in [0.29, 0.717) is 4.88 Å². The Morgan fingerprint density at radius 3 is 2.62 bits per heavy atom. The zero-order valence-electron chi connectivity index (χ0n) is 8.21.